The number of H-pyrrole nitrogens is 2. The Labute approximate surface area is 154 Å². The lowest BCUT2D eigenvalue weighted by molar-refractivity contribution is -0.116. The van der Waals surface area contributed by atoms with Crippen LogP contribution in [0.2, 0.25) is 0 Å². The molecule has 0 aliphatic carbocycles. The Hall–Kier alpha value is -2.93. The number of anilines is 1. The van der Waals surface area contributed by atoms with Crippen molar-refractivity contribution >= 4 is 33.3 Å². The minimum absolute atomic E-state index is 0.0372. The highest BCUT2D eigenvalue weighted by molar-refractivity contribution is 7.14. The van der Waals surface area contributed by atoms with Gasteiger partial charge in [0.25, 0.3) is 0 Å². The predicted molar refractivity (Wildman–Crippen MR) is 104 cm³/mol. The zero-order valence-corrected chi connectivity index (χ0v) is 15.4. The zero-order valence-electron chi connectivity index (χ0n) is 14.6. The molecule has 4 aromatic rings. The highest BCUT2D eigenvalue weighted by Gasteiger charge is 2.13. The molecule has 26 heavy (non-hydrogen) atoms. The van der Waals surface area contributed by atoms with Crippen LogP contribution in [0.5, 0.6) is 0 Å². The second-order valence-corrected chi connectivity index (χ2v) is 7.10. The molecule has 0 aliphatic heterocycles. The van der Waals surface area contributed by atoms with Crippen LogP contribution >= 0.6 is 11.3 Å². The van der Waals surface area contributed by atoms with Gasteiger partial charge in [0.1, 0.15) is 0 Å². The van der Waals surface area contributed by atoms with E-state index in [4.69, 9.17) is 0 Å². The number of amides is 1. The molecule has 7 heteroatoms. The Bertz CT molecular complexity index is 1060. The van der Waals surface area contributed by atoms with Gasteiger partial charge in [-0.2, -0.15) is 5.10 Å². The molecule has 4 rings (SSSR count). The van der Waals surface area contributed by atoms with E-state index in [1.54, 1.807) is 0 Å². The molecule has 0 bridgehead atoms. The molecule has 6 nitrogen and oxygen atoms in total. The van der Waals surface area contributed by atoms with E-state index < -0.39 is 0 Å². The van der Waals surface area contributed by atoms with Crippen LogP contribution in [0.3, 0.4) is 0 Å². The molecular formula is C19H19N5OS. The van der Waals surface area contributed by atoms with E-state index in [0.717, 1.165) is 39.1 Å². The molecule has 0 atom stereocenters. The van der Waals surface area contributed by atoms with E-state index in [0.29, 0.717) is 18.0 Å². The molecule has 0 saturated carbocycles. The summed E-state index contributed by atoms with van der Waals surface area (Å²) in [6.07, 6.45) is 3.03. The number of thiazole rings is 1. The van der Waals surface area contributed by atoms with Crippen molar-refractivity contribution in [3.63, 3.8) is 0 Å². The Morgan fingerprint density at radius 3 is 2.92 bits per heavy atom. The van der Waals surface area contributed by atoms with Crippen LogP contribution in [-0.2, 0) is 11.2 Å². The second kappa shape index (κ2) is 6.76. The number of nitrogens with one attached hydrogen (secondary N) is 3. The summed E-state index contributed by atoms with van der Waals surface area (Å²) in [7, 11) is 0. The third-order valence-corrected chi connectivity index (χ3v) is 5.26. The maximum Gasteiger partial charge on any atom is 0.226 e. The number of rotatable bonds is 5. The summed E-state index contributed by atoms with van der Waals surface area (Å²) in [6, 6.07) is 8.11. The molecule has 1 amide bonds. The van der Waals surface area contributed by atoms with Crippen molar-refractivity contribution in [3.8, 4) is 11.3 Å². The lowest BCUT2D eigenvalue weighted by atomic mass is 10.1. The third kappa shape index (κ3) is 3.13. The first-order valence-corrected chi connectivity index (χ1v) is 9.32. The number of para-hydroxylation sites is 1. The molecule has 3 aromatic heterocycles. The topological polar surface area (TPSA) is 86.5 Å². The molecule has 1 aromatic carbocycles. The number of benzene rings is 1. The smallest absolute Gasteiger partial charge is 0.226 e. The maximum absolute atomic E-state index is 12.3. The van der Waals surface area contributed by atoms with Gasteiger partial charge in [-0.3, -0.25) is 9.89 Å². The SMILES string of the molecule is Cc1n[nH]c(C)c1CCC(=O)Nc1nc(-c2c[nH]c3ccccc23)cs1. The number of aromatic nitrogens is 4. The molecule has 0 fully saturated rings. The van der Waals surface area contributed by atoms with Crippen molar-refractivity contribution in [1.29, 1.82) is 0 Å². The van der Waals surface area contributed by atoms with E-state index in [2.05, 4.69) is 31.5 Å². The van der Waals surface area contributed by atoms with E-state index in [9.17, 15) is 4.79 Å². The molecule has 132 valence electrons. The summed E-state index contributed by atoms with van der Waals surface area (Å²) < 4.78 is 0. The number of carbonyl (C=O) groups is 1. The van der Waals surface area contributed by atoms with Crippen LogP contribution in [0.25, 0.3) is 22.2 Å². The Balaban J connectivity index is 1.44. The fourth-order valence-corrected chi connectivity index (χ4v) is 3.83. The zero-order chi connectivity index (χ0) is 18.1. The fraction of sp³-hybridized carbons (Fsp3) is 0.211. The van der Waals surface area contributed by atoms with Crippen LogP contribution < -0.4 is 5.32 Å². The summed E-state index contributed by atoms with van der Waals surface area (Å²) in [5, 5.41) is 13.7. The summed E-state index contributed by atoms with van der Waals surface area (Å²) in [5.41, 5.74) is 6.06. The van der Waals surface area contributed by atoms with Gasteiger partial charge in [-0.25, -0.2) is 4.98 Å². The fourth-order valence-electron chi connectivity index (χ4n) is 3.10. The first-order chi connectivity index (χ1) is 12.6. The highest BCUT2D eigenvalue weighted by Crippen LogP contribution is 2.31. The van der Waals surface area contributed by atoms with Crippen molar-refractivity contribution in [3.05, 3.63) is 52.8 Å². The van der Waals surface area contributed by atoms with Gasteiger partial charge in [0.2, 0.25) is 5.91 Å². The number of aryl methyl sites for hydroxylation is 2. The third-order valence-electron chi connectivity index (χ3n) is 4.50. The molecule has 0 radical (unpaired) electrons. The van der Waals surface area contributed by atoms with Crippen LogP contribution in [0.15, 0.2) is 35.8 Å². The predicted octanol–water partition coefficient (Wildman–Crippen LogP) is 4.20. The normalized spacial score (nSPS) is 11.2. The van der Waals surface area contributed by atoms with Crippen LogP contribution in [0, 0.1) is 13.8 Å². The molecule has 0 saturated heterocycles. The Kier molecular flexibility index (Phi) is 4.30. The summed E-state index contributed by atoms with van der Waals surface area (Å²) in [6.45, 7) is 3.92. The van der Waals surface area contributed by atoms with Gasteiger partial charge in [0.15, 0.2) is 5.13 Å². The Morgan fingerprint density at radius 2 is 2.12 bits per heavy atom. The van der Waals surface area contributed by atoms with Crippen molar-refractivity contribution < 1.29 is 4.79 Å². The number of fused-ring (bicyclic) bond motifs is 1. The minimum atomic E-state index is -0.0372. The van der Waals surface area contributed by atoms with Crippen LogP contribution in [0.4, 0.5) is 5.13 Å². The number of nitrogens with zero attached hydrogens (tertiary/aromatic N) is 2. The molecule has 3 heterocycles. The number of hydrogen-bond acceptors (Lipinski definition) is 4. The van der Waals surface area contributed by atoms with Crippen molar-refractivity contribution in [2.45, 2.75) is 26.7 Å². The molecule has 0 unspecified atom stereocenters. The van der Waals surface area contributed by atoms with Gasteiger partial charge in [-0.15, -0.1) is 11.3 Å². The van der Waals surface area contributed by atoms with Gasteiger partial charge in [-0.1, -0.05) is 18.2 Å². The largest absolute Gasteiger partial charge is 0.360 e. The van der Waals surface area contributed by atoms with E-state index in [-0.39, 0.29) is 5.91 Å². The average Bonchev–Trinajstić information content (AvgIpc) is 3.33. The van der Waals surface area contributed by atoms with Gasteiger partial charge in [0.05, 0.1) is 11.4 Å². The lowest BCUT2D eigenvalue weighted by Gasteiger charge is -2.02. The number of aromatic amines is 2. The molecule has 3 N–H and O–H groups in total. The number of carbonyl (C=O) groups excluding carboxylic acids is 1. The van der Waals surface area contributed by atoms with Crippen LogP contribution in [-0.4, -0.2) is 26.1 Å². The van der Waals surface area contributed by atoms with Crippen molar-refractivity contribution in [1.82, 2.24) is 20.2 Å². The lowest BCUT2D eigenvalue weighted by Crippen LogP contribution is -2.12. The Morgan fingerprint density at radius 1 is 1.27 bits per heavy atom. The minimum Gasteiger partial charge on any atom is -0.360 e. The van der Waals surface area contributed by atoms with Gasteiger partial charge < -0.3 is 10.3 Å². The van der Waals surface area contributed by atoms with Crippen LogP contribution in [0.1, 0.15) is 23.4 Å². The molecular weight excluding hydrogens is 346 g/mol. The first-order valence-electron chi connectivity index (χ1n) is 8.44. The van der Waals surface area contributed by atoms with E-state index in [1.807, 2.05) is 43.6 Å². The second-order valence-electron chi connectivity index (χ2n) is 6.25. The molecule has 0 spiro atoms. The summed E-state index contributed by atoms with van der Waals surface area (Å²) in [5.74, 6) is -0.0372. The van der Waals surface area contributed by atoms with Gasteiger partial charge >= 0.3 is 0 Å². The monoisotopic (exact) mass is 365 g/mol. The standard InChI is InChI=1S/C19H19N5OS/c1-11-13(12(2)24-23-11)7-8-18(25)22-19-21-17(10-26-19)15-9-20-16-6-4-3-5-14(15)16/h3-6,9-10,20H,7-8H2,1-2H3,(H,23,24)(H,21,22,25). The summed E-state index contributed by atoms with van der Waals surface area (Å²) >= 11 is 1.44. The van der Waals surface area contributed by atoms with Crippen molar-refractivity contribution in [2.75, 3.05) is 5.32 Å². The molecule has 0 aliphatic rings. The van der Waals surface area contributed by atoms with Gasteiger partial charge in [-0.05, 0) is 31.9 Å². The van der Waals surface area contributed by atoms with Gasteiger partial charge in [0, 0.05) is 40.2 Å². The average molecular weight is 365 g/mol. The quantitative estimate of drug-likeness (QED) is 0.495. The highest BCUT2D eigenvalue weighted by atomic mass is 32.1. The van der Waals surface area contributed by atoms with E-state index in [1.165, 1.54) is 11.3 Å². The van der Waals surface area contributed by atoms with Crippen molar-refractivity contribution in [2.24, 2.45) is 0 Å². The summed E-state index contributed by atoms with van der Waals surface area (Å²) in [4.78, 5) is 20.1. The maximum atomic E-state index is 12.3. The first kappa shape index (κ1) is 16.5. The van der Waals surface area contributed by atoms with E-state index >= 15 is 0 Å². The number of hydrogen-bond donors (Lipinski definition) is 3.